The van der Waals surface area contributed by atoms with Crippen LogP contribution in [0.3, 0.4) is 0 Å². The average molecular weight is 390 g/mol. The summed E-state index contributed by atoms with van der Waals surface area (Å²) in [5, 5.41) is 24.1. The summed E-state index contributed by atoms with van der Waals surface area (Å²) in [5.74, 6) is 0.0976. The van der Waals surface area contributed by atoms with Crippen LogP contribution in [0.25, 0.3) is 0 Å². The zero-order chi connectivity index (χ0) is 20.6. The number of nitrogens with zero attached hydrogens (tertiary/aromatic N) is 2. The molecule has 0 saturated heterocycles. The third kappa shape index (κ3) is 5.14. The summed E-state index contributed by atoms with van der Waals surface area (Å²) in [6.45, 7) is 12.4. The molecule has 6 nitrogen and oxygen atoms in total. The second-order valence-corrected chi connectivity index (χ2v) is 10.2. The molecule has 0 aromatic heterocycles. The predicted octanol–water partition coefficient (Wildman–Crippen LogP) is 5.05. The van der Waals surface area contributed by atoms with Crippen molar-refractivity contribution in [3.05, 3.63) is 47.5 Å². The molecule has 27 heavy (non-hydrogen) atoms. The summed E-state index contributed by atoms with van der Waals surface area (Å²) in [6.07, 6.45) is 0. The van der Waals surface area contributed by atoms with Crippen LogP contribution in [0.5, 0.6) is 5.75 Å². The van der Waals surface area contributed by atoms with Gasteiger partial charge in [-0.25, -0.2) is 13.6 Å². The summed E-state index contributed by atoms with van der Waals surface area (Å²) in [7, 11) is -3.75. The fraction of sp³-hybridized carbons (Fsp3) is 0.400. The molecule has 0 aliphatic carbocycles. The van der Waals surface area contributed by atoms with Crippen LogP contribution in [-0.2, 0) is 20.9 Å². The first kappa shape index (κ1) is 21.1. The van der Waals surface area contributed by atoms with Gasteiger partial charge in [-0.3, -0.25) is 0 Å². The lowest BCUT2D eigenvalue weighted by Gasteiger charge is -2.26. The standard InChI is InChI=1S/C20H27N3O3S/c1-19(2,3)13-11-16(20(4,5)6)18(24)17(12-13)23-22-14-7-9-15(10-8-14)27(21,25)26/h7-12,24H,1-6H3,(H2,21,25,26). The Kier molecular flexibility index (Phi) is 5.50. The Balaban J connectivity index is 2.50. The van der Waals surface area contributed by atoms with Crippen LogP contribution in [0, 0.1) is 0 Å². The first-order valence-corrected chi connectivity index (χ1v) is 10.2. The van der Waals surface area contributed by atoms with Gasteiger partial charge in [0, 0.05) is 5.56 Å². The zero-order valence-electron chi connectivity index (χ0n) is 16.6. The Morgan fingerprint density at radius 2 is 1.44 bits per heavy atom. The minimum Gasteiger partial charge on any atom is -0.505 e. The van der Waals surface area contributed by atoms with Crippen molar-refractivity contribution in [2.75, 3.05) is 0 Å². The number of hydrogen-bond donors (Lipinski definition) is 2. The number of benzene rings is 2. The molecule has 3 N–H and O–H groups in total. The van der Waals surface area contributed by atoms with Crippen LogP contribution in [0.4, 0.5) is 11.4 Å². The fourth-order valence-corrected chi connectivity index (χ4v) is 3.03. The van der Waals surface area contributed by atoms with Gasteiger partial charge in [-0.15, -0.1) is 5.11 Å². The van der Waals surface area contributed by atoms with Crippen LogP contribution >= 0.6 is 0 Å². The molecular weight excluding hydrogens is 362 g/mol. The number of azo groups is 1. The van der Waals surface area contributed by atoms with Crippen molar-refractivity contribution in [1.29, 1.82) is 0 Å². The summed E-state index contributed by atoms with van der Waals surface area (Å²) >= 11 is 0. The van der Waals surface area contributed by atoms with E-state index < -0.39 is 10.0 Å². The van der Waals surface area contributed by atoms with E-state index in [1.54, 1.807) is 0 Å². The lowest BCUT2D eigenvalue weighted by molar-refractivity contribution is 0.446. The number of hydrogen-bond acceptors (Lipinski definition) is 5. The topological polar surface area (TPSA) is 105 Å². The summed E-state index contributed by atoms with van der Waals surface area (Å²) in [5.41, 5.74) is 2.31. The highest BCUT2D eigenvalue weighted by Crippen LogP contribution is 2.42. The number of nitrogens with two attached hydrogens (primary N) is 1. The van der Waals surface area contributed by atoms with Gasteiger partial charge in [0.15, 0.2) is 0 Å². The van der Waals surface area contributed by atoms with Crippen molar-refractivity contribution in [2.45, 2.75) is 57.3 Å². The Morgan fingerprint density at radius 1 is 0.889 bits per heavy atom. The van der Waals surface area contributed by atoms with Crippen LogP contribution in [0.15, 0.2) is 51.5 Å². The molecule has 0 amide bonds. The molecule has 0 spiro atoms. The molecule has 146 valence electrons. The van der Waals surface area contributed by atoms with Gasteiger partial charge in [-0.1, -0.05) is 47.6 Å². The number of rotatable bonds is 3. The lowest BCUT2D eigenvalue weighted by atomic mass is 9.80. The van der Waals surface area contributed by atoms with Crippen LogP contribution < -0.4 is 5.14 Å². The third-order valence-electron chi connectivity index (χ3n) is 4.20. The molecule has 2 aromatic carbocycles. The van der Waals surface area contributed by atoms with E-state index in [9.17, 15) is 13.5 Å². The zero-order valence-corrected chi connectivity index (χ0v) is 17.4. The molecule has 0 saturated carbocycles. The Hall–Kier alpha value is -2.25. The van der Waals surface area contributed by atoms with Crippen molar-refractivity contribution in [3.63, 3.8) is 0 Å². The molecule has 0 fully saturated rings. The van der Waals surface area contributed by atoms with Gasteiger partial charge >= 0.3 is 0 Å². The maximum absolute atomic E-state index is 11.3. The van der Waals surface area contributed by atoms with E-state index in [-0.39, 0.29) is 21.5 Å². The maximum atomic E-state index is 11.3. The largest absolute Gasteiger partial charge is 0.505 e. The second-order valence-electron chi connectivity index (χ2n) is 8.63. The van der Waals surface area contributed by atoms with E-state index >= 15 is 0 Å². The van der Waals surface area contributed by atoms with E-state index in [2.05, 4.69) is 31.0 Å². The number of primary sulfonamides is 1. The van der Waals surface area contributed by atoms with Gasteiger partial charge < -0.3 is 5.11 Å². The normalized spacial score (nSPS) is 13.3. The van der Waals surface area contributed by atoms with Crippen LogP contribution in [0.2, 0.25) is 0 Å². The Labute approximate surface area is 161 Å². The summed E-state index contributed by atoms with van der Waals surface area (Å²) in [6, 6.07) is 9.60. The molecular formula is C20H27N3O3S. The van der Waals surface area contributed by atoms with Crippen molar-refractivity contribution in [1.82, 2.24) is 0 Å². The van der Waals surface area contributed by atoms with Crippen LogP contribution in [-0.4, -0.2) is 13.5 Å². The molecule has 0 heterocycles. The van der Waals surface area contributed by atoms with Crippen molar-refractivity contribution in [2.24, 2.45) is 15.4 Å². The molecule has 0 bridgehead atoms. The quantitative estimate of drug-likeness (QED) is 0.717. The molecule has 0 radical (unpaired) electrons. The van der Waals surface area contributed by atoms with Gasteiger partial charge in [-0.2, -0.15) is 5.11 Å². The average Bonchev–Trinajstić information content (AvgIpc) is 2.51. The van der Waals surface area contributed by atoms with E-state index in [0.29, 0.717) is 11.4 Å². The SMILES string of the molecule is CC(C)(C)c1cc(N=Nc2ccc(S(N)(=O)=O)cc2)c(O)c(C(C)(C)C)c1. The Bertz CT molecular complexity index is 965. The maximum Gasteiger partial charge on any atom is 0.238 e. The molecule has 2 rings (SSSR count). The summed E-state index contributed by atoms with van der Waals surface area (Å²) < 4.78 is 22.6. The molecule has 0 aliphatic heterocycles. The predicted molar refractivity (Wildman–Crippen MR) is 107 cm³/mol. The van der Waals surface area contributed by atoms with Gasteiger partial charge in [-0.05, 0) is 46.7 Å². The lowest BCUT2D eigenvalue weighted by Crippen LogP contribution is -2.16. The van der Waals surface area contributed by atoms with Gasteiger partial charge in [0.2, 0.25) is 10.0 Å². The van der Waals surface area contributed by atoms with E-state index in [1.807, 2.05) is 32.9 Å². The highest BCUT2D eigenvalue weighted by atomic mass is 32.2. The van der Waals surface area contributed by atoms with E-state index in [0.717, 1.165) is 11.1 Å². The van der Waals surface area contributed by atoms with Gasteiger partial charge in [0.05, 0.1) is 10.6 Å². The van der Waals surface area contributed by atoms with Crippen LogP contribution in [0.1, 0.15) is 52.7 Å². The monoisotopic (exact) mass is 389 g/mol. The van der Waals surface area contributed by atoms with Crippen molar-refractivity contribution in [3.8, 4) is 5.75 Å². The molecule has 7 heteroatoms. The van der Waals surface area contributed by atoms with Gasteiger partial charge in [0.1, 0.15) is 11.4 Å². The smallest absolute Gasteiger partial charge is 0.238 e. The van der Waals surface area contributed by atoms with E-state index in [4.69, 9.17) is 5.14 Å². The first-order chi connectivity index (χ1) is 12.2. The van der Waals surface area contributed by atoms with Crippen molar-refractivity contribution < 1.29 is 13.5 Å². The Morgan fingerprint density at radius 3 is 1.89 bits per heavy atom. The number of sulfonamides is 1. The molecule has 0 aliphatic rings. The second kappa shape index (κ2) is 7.05. The molecule has 0 unspecified atom stereocenters. The molecule has 2 aromatic rings. The fourth-order valence-electron chi connectivity index (χ4n) is 2.51. The number of aromatic hydroxyl groups is 1. The first-order valence-electron chi connectivity index (χ1n) is 8.62. The third-order valence-corrected chi connectivity index (χ3v) is 5.13. The number of phenols is 1. The number of phenolic OH excluding ortho intramolecular Hbond substituents is 1. The molecule has 0 atom stereocenters. The van der Waals surface area contributed by atoms with Gasteiger partial charge in [0.25, 0.3) is 0 Å². The highest BCUT2D eigenvalue weighted by Gasteiger charge is 2.25. The highest BCUT2D eigenvalue weighted by molar-refractivity contribution is 7.89. The summed E-state index contributed by atoms with van der Waals surface area (Å²) in [4.78, 5) is 0.00838. The minimum absolute atomic E-state index is 0.00838. The van der Waals surface area contributed by atoms with E-state index in [1.165, 1.54) is 24.3 Å². The minimum atomic E-state index is -3.75. The van der Waals surface area contributed by atoms with Crippen molar-refractivity contribution >= 4 is 21.4 Å².